The lowest BCUT2D eigenvalue weighted by Gasteiger charge is -2.30. The Labute approximate surface area is 289 Å². The summed E-state index contributed by atoms with van der Waals surface area (Å²) in [6.45, 7) is 12.6. The van der Waals surface area contributed by atoms with Gasteiger partial charge in [-0.2, -0.15) is 0 Å². The second-order valence-corrected chi connectivity index (χ2v) is 14.1. The second kappa shape index (κ2) is 15.4. The molecular weight excluding hydrogens is 684 g/mol. The summed E-state index contributed by atoms with van der Waals surface area (Å²) < 4.78 is 17.9. The van der Waals surface area contributed by atoms with E-state index in [2.05, 4.69) is 44.7 Å². The topological polar surface area (TPSA) is 156 Å². The maximum absolute atomic E-state index is 14.3. The van der Waals surface area contributed by atoms with Crippen molar-refractivity contribution < 1.29 is 38.5 Å². The molecular formula is C35H45BrN4O8. The summed E-state index contributed by atoms with van der Waals surface area (Å²) in [5, 5.41) is 16.9. The van der Waals surface area contributed by atoms with Crippen molar-refractivity contribution >= 4 is 50.6 Å². The lowest BCUT2D eigenvalue weighted by Crippen LogP contribution is -2.56. The number of unbranched alkanes of at least 4 members (excludes halogenated alkanes) is 3. The average Bonchev–Trinajstić information content (AvgIpc) is 3.58. The van der Waals surface area contributed by atoms with Crippen molar-refractivity contribution in [2.45, 2.75) is 95.0 Å². The molecule has 2 aliphatic rings. The number of hydrogen-bond acceptors (Lipinski definition) is 8. The summed E-state index contributed by atoms with van der Waals surface area (Å²) >= 11 is 3.51. The lowest BCUT2D eigenvalue weighted by molar-refractivity contribution is -0.145. The van der Waals surface area contributed by atoms with Crippen molar-refractivity contribution in [1.82, 2.24) is 20.5 Å². The highest BCUT2D eigenvalue weighted by Crippen LogP contribution is 2.45. The zero-order valence-electron chi connectivity index (χ0n) is 27.9. The number of alkyl carbamates (subject to hydrolysis) is 1. The third-order valence-electron chi connectivity index (χ3n) is 8.54. The molecule has 2 heterocycles. The molecule has 0 unspecified atom stereocenters. The Morgan fingerprint density at radius 1 is 1.21 bits per heavy atom. The summed E-state index contributed by atoms with van der Waals surface area (Å²) in [6, 6.07) is 3.41. The van der Waals surface area contributed by atoms with E-state index in [1.54, 1.807) is 34.1 Å². The van der Waals surface area contributed by atoms with E-state index in [1.165, 1.54) is 11.0 Å². The first-order valence-corrected chi connectivity index (χ1v) is 16.9. The number of likely N-dealkylation sites (tertiary alicyclic amines) is 1. The standard InChI is InChI=1S/C35H45BrN4O8/c1-7-9-10-11-12-13-26(38-33(45)48-34(3,4)5)31(42)40-20-23(17-27(40)29(41)39-35(32(43)44)19-22(35)8-2)47-30-24-18-25(36)28(46-6)16-21(24)14-15-37-30/h7-8,14-16,18,22-23,26-27H,1-2,9-13,17,19-20H2,3-6H3,(H,38,45)(H,39,41)(H,43,44)/t22-,23-,26+,27-,35-/m1/s1. The molecule has 1 saturated carbocycles. The number of rotatable bonds is 15. The molecule has 12 nitrogen and oxygen atoms in total. The Bertz CT molecular complexity index is 1560. The number of benzene rings is 1. The fourth-order valence-corrected chi connectivity index (χ4v) is 6.48. The number of halogens is 1. The molecule has 5 atom stereocenters. The highest BCUT2D eigenvalue weighted by molar-refractivity contribution is 9.10. The fourth-order valence-electron chi connectivity index (χ4n) is 5.97. The van der Waals surface area contributed by atoms with Crippen LogP contribution >= 0.6 is 15.9 Å². The molecule has 4 rings (SSSR count). The molecule has 1 saturated heterocycles. The van der Waals surface area contributed by atoms with Gasteiger partial charge in [0.15, 0.2) is 0 Å². The first-order valence-electron chi connectivity index (χ1n) is 16.1. The fraction of sp³-hybridized carbons (Fsp3) is 0.514. The smallest absolute Gasteiger partial charge is 0.408 e. The first kappa shape index (κ1) is 36.7. The Kier molecular flexibility index (Phi) is 11.8. The molecule has 0 bridgehead atoms. The largest absolute Gasteiger partial charge is 0.496 e. The molecule has 3 N–H and O–H groups in total. The lowest BCUT2D eigenvalue weighted by atomic mass is 10.0. The van der Waals surface area contributed by atoms with Gasteiger partial charge in [-0.15, -0.1) is 13.2 Å². The second-order valence-electron chi connectivity index (χ2n) is 13.2. The summed E-state index contributed by atoms with van der Waals surface area (Å²) in [6.07, 6.45) is 7.22. The molecule has 48 heavy (non-hydrogen) atoms. The normalized spacial score (nSPS) is 22.4. The van der Waals surface area contributed by atoms with Gasteiger partial charge < -0.3 is 34.9 Å². The number of amides is 3. The zero-order chi connectivity index (χ0) is 35.2. The van der Waals surface area contributed by atoms with Crippen LogP contribution in [-0.4, -0.2) is 81.8 Å². The predicted molar refractivity (Wildman–Crippen MR) is 184 cm³/mol. The molecule has 13 heteroatoms. The van der Waals surface area contributed by atoms with E-state index in [0.29, 0.717) is 34.3 Å². The minimum Gasteiger partial charge on any atom is -0.496 e. The van der Waals surface area contributed by atoms with Crippen LogP contribution in [0, 0.1) is 5.92 Å². The van der Waals surface area contributed by atoms with Gasteiger partial charge in [0, 0.05) is 23.9 Å². The molecule has 3 amide bonds. The monoisotopic (exact) mass is 728 g/mol. The third kappa shape index (κ3) is 8.66. The number of aromatic nitrogens is 1. The van der Waals surface area contributed by atoms with E-state index in [1.807, 2.05) is 24.3 Å². The number of carbonyl (C=O) groups excluding carboxylic acids is 3. The van der Waals surface area contributed by atoms with Crippen LogP contribution < -0.4 is 20.1 Å². The van der Waals surface area contributed by atoms with Crippen LogP contribution in [0.15, 0.2) is 54.2 Å². The number of pyridine rings is 1. The summed E-state index contributed by atoms with van der Waals surface area (Å²) in [5.41, 5.74) is -2.29. The van der Waals surface area contributed by atoms with Gasteiger partial charge in [0.1, 0.15) is 35.1 Å². The molecule has 1 aliphatic heterocycles. The van der Waals surface area contributed by atoms with Crippen molar-refractivity contribution in [3.63, 3.8) is 0 Å². The maximum Gasteiger partial charge on any atom is 0.408 e. The number of ether oxygens (including phenoxy) is 3. The van der Waals surface area contributed by atoms with Gasteiger partial charge in [0.2, 0.25) is 17.7 Å². The molecule has 260 valence electrons. The minimum absolute atomic E-state index is 0.000231. The number of carboxylic acids is 1. The van der Waals surface area contributed by atoms with Crippen molar-refractivity contribution in [1.29, 1.82) is 0 Å². The molecule has 1 aliphatic carbocycles. The quantitative estimate of drug-likeness (QED) is 0.159. The molecule has 2 aromatic rings. The van der Waals surface area contributed by atoms with Gasteiger partial charge in [-0.05, 0) is 86.0 Å². The van der Waals surface area contributed by atoms with Gasteiger partial charge in [0.25, 0.3) is 0 Å². The maximum atomic E-state index is 14.3. The number of aliphatic carboxylic acids is 1. The minimum atomic E-state index is -1.49. The van der Waals surface area contributed by atoms with E-state index >= 15 is 0 Å². The number of methoxy groups -OCH3 is 1. The molecule has 1 aromatic heterocycles. The van der Waals surface area contributed by atoms with Crippen molar-refractivity contribution in [3.05, 3.63) is 54.2 Å². The zero-order valence-corrected chi connectivity index (χ0v) is 29.5. The SMILES string of the molecule is C=CCCCCC[C@H](NC(=O)OC(C)(C)C)C(=O)N1C[C@H](Oc2nccc3cc(OC)c(Br)cc23)C[C@@H]1C(=O)N[C@]1(C(=O)O)C[C@H]1C=C. The number of carboxylic acid groups (broad SMARTS) is 1. The highest BCUT2D eigenvalue weighted by Gasteiger charge is 2.61. The first-order chi connectivity index (χ1) is 22.7. The number of hydrogen-bond donors (Lipinski definition) is 3. The van der Waals surface area contributed by atoms with Gasteiger partial charge in [-0.1, -0.05) is 25.0 Å². The van der Waals surface area contributed by atoms with Crippen LogP contribution in [0.5, 0.6) is 11.6 Å². The Balaban J connectivity index is 1.63. The Morgan fingerprint density at radius 3 is 2.58 bits per heavy atom. The average molecular weight is 730 g/mol. The predicted octanol–water partition coefficient (Wildman–Crippen LogP) is 5.53. The number of nitrogens with one attached hydrogen (secondary N) is 2. The van der Waals surface area contributed by atoms with E-state index in [4.69, 9.17) is 14.2 Å². The van der Waals surface area contributed by atoms with Gasteiger partial charge >= 0.3 is 12.1 Å². The number of nitrogens with zero attached hydrogens (tertiary/aromatic N) is 2. The van der Waals surface area contributed by atoms with E-state index in [-0.39, 0.29) is 19.4 Å². The van der Waals surface area contributed by atoms with Crippen LogP contribution in [0.2, 0.25) is 0 Å². The Hall–Kier alpha value is -4.13. The van der Waals surface area contributed by atoms with Gasteiger partial charge in [-0.25, -0.2) is 14.6 Å². The van der Waals surface area contributed by atoms with Gasteiger partial charge in [-0.3, -0.25) is 9.59 Å². The Morgan fingerprint density at radius 2 is 1.96 bits per heavy atom. The highest BCUT2D eigenvalue weighted by atomic mass is 79.9. The van der Waals surface area contributed by atoms with Crippen molar-refractivity contribution in [3.8, 4) is 11.6 Å². The van der Waals surface area contributed by atoms with Crippen LogP contribution in [0.25, 0.3) is 10.8 Å². The number of fused-ring (bicyclic) bond motifs is 1. The molecule has 1 aromatic carbocycles. The third-order valence-corrected chi connectivity index (χ3v) is 9.16. The molecule has 2 fully saturated rings. The van der Waals surface area contributed by atoms with Gasteiger partial charge in [0.05, 0.1) is 18.1 Å². The van der Waals surface area contributed by atoms with Crippen LogP contribution in [0.4, 0.5) is 4.79 Å². The van der Waals surface area contributed by atoms with Crippen molar-refractivity contribution in [2.75, 3.05) is 13.7 Å². The molecule has 0 radical (unpaired) electrons. The van der Waals surface area contributed by atoms with Crippen molar-refractivity contribution in [2.24, 2.45) is 5.92 Å². The van der Waals surface area contributed by atoms with Crippen LogP contribution in [0.1, 0.15) is 65.7 Å². The van der Waals surface area contributed by atoms with E-state index < -0.39 is 59.1 Å². The van der Waals surface area contributed by atoms with Crippen LogP contribution in [-0.2, 0) is 19.1 Å². The summed E-state index contributed by atoms with van der Waals surface area (Å²) in [7, 11) is 1.57. The van der Waals surface area contributed by atoms with E-state index in [0.717, 1.165) is 24.6 Å². The number of carbonyl (C=O) groups is 4. The summed E-state index contributed by atoms with van der Waals surface area (Å²) in [5.74, 6) is -1.79. The summed E-state index contributed by atoms with van der Waals surface area (Å²) in [4.78, 5) is 59.0. The van der Waals surface area contributed by atoms with Crippen LogP contribution in [0.3, 0.4) is 0 Å². The number of allylic oxidation sites excluding steroid dienone is 1. The molecule has 0 spiro atoms. The van der Waals surface area contributed by atoms with E-state index in [9.17, 15) is 24.3 Å².